The lowest BCUT2D eigenvalue weighted by Gasteiger charge is -2.30. The van der Waals surface area contributed by atoms with Crippen LogP contribution in [0.4, 0.5) is 9.93 Å². The van der Waals surface area contributed by atoms with Gasteiger partial charge in [0.2, 0.25) is 15.9 Å². The van der Waals surface area contributed by atoms with Gasteiger partial charge in [-0.1, -0.05) is 55.5 Å². The van der Waals surface area contributed by atoms with Crippen LogP contribution in [0.25, 0.3) is 10.2 Å². The Kier molecular flexibility index (Phi) is 12.7. The summed E-state index contributed by atoms with van der Waals surface area (Å²) in [5, 5.41) is 14.8. The summed E-state index contributed by atoms with van der Waals surface area (Å²) in [6.07, 6.45) is -0.140. The molecule has 0 bridgehead atoms. The minimum atomic E-state index is -4.10. The lowest BCUT2D eigenvalue weighted by Crippen LogP contribution is -2.51. The van der Waals surface area contributed by atoms with Gasteiger partial charge in [0, 0.05) is 39.4 Å². The number of thiazole rings is 2. The van der Waals surface area contributed by atoms with Gasteiger partial charge in [0.25, 0.3) is 0 Å². The first kappa shape index (κ1) is 36.8. The highest BCUT2D eigenvalue weighted by Gasteiger charge is 2.32. The maximum atomic E-state index is 14.2. The van der Waals surface area contributed by atoms with E-state index in [1.807, 2.05) is 49.1 Å². The zero-order chi connectivity index (χ0) is 35.0. The molecule has 1 saturated heterocycles. The fraction of sp³-hybridized carbons (Fsp3) is 0.455. The molecule has 16 heteroatoms. The number of fused-ring (bicyclic) bond motifs is 1. The number of aromatic nitrogens is 2. The highest BCUT2D eigenvalue weighted by Crippen LogP contribution is 2.31. The maximum absolute atomic E-state index is 14.2. The van der Waals surface area contributed by atoms with Crippen LogP contribution in [0, 0.1) is 5.92 Å². The van der Waals surface area contributed by atoms with E-state index in [9.17, 15) is 23.1 Å². The predicted octanol–water partition coefficient (Wildman–Crippen LogP) is 3.59. The molecule has 2 amide bonds. The number of nitrogens with zero attached hydrogens (tertiary/aromatic N) is 5. The second-order valence-corrected chi connectivity index (χ2v) is 16.2. The minimum Gasteiger partial charge on any atom is -0.444 e. The van der Waals surface area contributed by atoms with E-state index in [0.29, 0.717) is 41.7 Å². The zero-order valence-corrected chi connectivity index (χ0v) is 30.2. The van der Waals surface area contributed by atoms with Crippen molar-refractivity contribution >= 4 is 60.0 Å². The number of benzene rings is 2. The number of hydrogen-bond donors (Lipinski definition) is 2. The molecular formula is C33H42N6O7S3. The number of carbonyl (C=O) groups excluding carboxylic acids is 2. The van der Waals surface area contributed by atoms with Crippen LogP contribution in [0.2, 0.25) is 0 Å². The van der Waals surface area contributed by atoms with E-state index in [0.717, 1.165) is 10.4 Å². The van der Waals surface area contributed by atoms with Gasteiger partial charge < -0.3 is 19.9 Å². The number of rotatable bonds is 15. The molecule has 1 fully saturated rings. The van der Waals surface area contributed by atoms with E-state index in [1.165, 1.54) is 37.9 Å². The Morgan fingerprint density at radius 2 is 1.88 bits per heavy atom. The molecule has 13 nitrogen and oxygen atoms in total. The Hall–Kier alpha value is -3.51. The molecular weight excluding hydrogens is 689 g/mol. The second-order valence-electron chi connectivity index (χ2n) is 12.2. The Morgan fingerprint density at radius 3 is 2.57 bits per heavy atom. The SMILES string of the molecule is CC(C)CN(C[C@@H](O)[C@H](Cc1ccccc1)NC(=O)OCc1cncs1)S(=O)(=O)c1ccc2nc(N(C)C(=O)CN3CCOCC3)sc2c1. The van der Waals surface area contributed by atoms with Crippen molar-refractivity contribution in [2.24, 2.45) is 5.92 Å². The maximum Gasteiger partial charge on any atom is 0.407 e. The van der Waals surface area contributed by atoms with Crippen molar-refractivity contribution in [3.05, 3.63) is 70.7 Å². The highest BCUT2D eigenvalue weighted by molar-refractivity contribution is 7.89. The van der Waals surface area contributed by atoms with Crippen LogP contribution in [0.3, 0.4) is 0 Å². The summed E-state index contributed by atoms with van der Waals surface area (Å²) < 4.78 is 40.9. The van der Waals surface area contributed by atoms with Gasteiger partial charge in [0.1, 0.15) is 6.61 Å². The predicted molar refractivity (Wildman–Crippen MR) is 189 cm³/mol. The molecule has 2 aromatic heterocycles. The van der Waals surface area contributed by atoms with E-state index in [4.69, 9.17) is 9.47 Å². The molecule has 2 N–H and O–H groups in total. The van der Waals surface area contributed by atoms with Crippen molar-refractivity contribution < 1.29 is 32.6 Å². The monoisotopic (exact) mass is 730 g/mol. The number of amides is 2. The molecule has 0 spiro atoms. The van der Waals surface area contributed by atoms with E-state index in [2.05, 4.69) is 15.3 Å². The molecule has 2 aromatic carbocycles. The van der Waals surface area contributed by atoms with Crippen LogP contribution in [0.5, 0.6) is 0 Å². The van der Waals surface area contributed by atoms with Crippen molar-refractivity contribution in [1.29, 1.82) is 0 Å². The van der Waals surface area contributed by atoms with Crippen LogP contribution < -0.4 is 10.2 Å². The molecule has 0 saturated carbocycles. The van der Waals surface area contributed by atoms with E-state index in [-0.39, 0.29) is 49.4 Å². The molecule has 49 heavy (non-hydrogen) atoms. The minimum absolute atomic E-state index is 0.0259. The first-order valence-electron chi connectivity index (χ1n) is 16.0. The van der Waals surface area contributed by atoms with Gasteiger partial charge in [-0.3, -0.25) is 19.6 Å². The third-order valence-electron chi connectivity index (χ3n) is 7.96. The summed E-state index contributed by atoms with van der Waals surface area (Å²) in [5.41, 5.74) is 3.07. The van der Waals surface area contributed by atoms with Crippen molar-refractivity contribution in [2.75, 3.05) is 57.9 Å². The summed E-state index contributed by atoms with van der Waals surface area (Å²) in [7, 11) is -2.43. The molecule has 1 aliphatic rings. The lowest BCUT2D eigenvalue weighted by atomic mass is 10.0. The number of ether oxygens (including phenoxy) is 2. The fourth-order valence-corrected chi connectivity index (χ4v) is 8.53. The standard InChI is InChI=1S/C33H42N6O7S3/c1-23(2)18-39(19-29(40)28(15-24-7-5-4-6-8-24)36-33(42)46-21-25-17-34-22-47-25)49(43,44)26-9-10-27-30(16-26)48-32(35-27)37(3)31(41)20-38-11-13-45-14-12-38/h4-10,16-17,22-23,28-29,40H,11-15,18-21H2,1-3H3,(H,36,42)/t28-,29+/m0/s1. The molecule has 4 aromatic rings. The number of aliphatic hydroxyl groups excluding tert-OH is 1. The van der Waals surface area contributed by atoms with Crippen LogP contribution in [-0.2, 0) is 37.3 Å². The van der Waals surface area contributed by atoms with Crippen LogP contribution in [0.1, 0.15) is 24.3 Å². The molecule has 264 valence electrons. The summed E-state index contributed by atoms with van der Waals surface area (Å²) in [6.45, 7) is 6.48. The Morgan fingerprint density at radius 1 is 1.12 bits per heavy atom. The number of anilines is 1. The fourth-order valence-electron chi connectivity index (χ4n) is 5.32. The van der Waals surface area contributed by atoms with Crippen molar-refractivity contribution in [2.45, 2.75) is 43.9 Å². The molecule has 3 heterocycles. The van der Waals surface area contributed by atoms with Crippen molar-refractivity contribution in [1.82, 2.24) is 24.5 Å². The van der Waals surface area contributed by atoms with Crippen molar-refractivity contribution in [3.8, 4) is 0 Å². The van der Waals surface area contributed by atoms with Gasteiger partial charge in [-0.25, -0.2) is 18.2 Å². The Balaban J connectivity index is 1.33. The average Bonchev–Trinajstić information content (AvgIpc) is 3.77. The number of sulfonamides is 1. The number of alkyl carbamates (subject to hydrolysis) is 1. The number of nitrogens with one attached hydrogen (secondary N) is 1. The first-order chi connectivity index (χ1) is 23.5. The van der Waals surface area contributed by atoms with Crippen molar-refractivity contribution in [3.63, 3.8) is 0 Å². The van der Waals surface area contributed by atoms with E-state index >= 15 is 0 Å². The van der Waals surface area contributed by atoms with Gasteiger partial charge in [-0.15, -0.1) is 11.3 Å². The summed E-state index contributed by atoms with van der Waals surface area (Å²) in [5.74, 6) is -0.172. The lowest BCUT2D eigenvalue weighted by molar-refractivity contribution is -0.120. The number of hydrogen-bond acceptors (Lipinski definition) is 12. The Labute approximate surface area is 294 Å². The summed E-state index contributed by atoms with van der Waals surface area (Å²) >= 11 is 2.59. The van der Waals surface area contributed by atoms with Gasteiger partial charge in [-0.05, 0) is 36.1 Å². The molecule has 5 rings (SSSR count). The largest absolute Gasteiger partial charge is 0.444 e. The highest BCUT2D eigenvalue weighted by atomic mass is 32.2. The van der Waals surface area contributed by atoms with Crippen LogP contribution >= 0.6 is 22.7 Å². The van der Waals surface area contributed by atoms with Gasteiger partial charge >= 0.3 is 6.09 Å². The van der Waals surface area contributed by atoms with Gasteiger partial charge in [-0.2, -0.15) is 4.31 Å². The Bertz CT molecular complexity index is 1780. The number of carbonyl (C=O) groups is 2. The third kappa shape index (κ3) is 10.0. The number of likely N-dealkylation sites (N-methyl/N-ethyl adjacent to an activating group) is 1. The first-order valence-corrected chi connectivity index (χ1v) is 19.1. The second kappa shape index (κ2) is 16.9. The molecule has 0 aliphatic carbocycles. The number of aliphatic hydroxyl groups is 1. The average molecular weight is 731 g/mol. The number of morpholine rings is 1. The quantitative estimate of drug-likeness (QED) is 0.186. The van der Waals surface area contributed by atoms with E-state index < -0.39 is 28.3 Å². The van der Waals surface area contributed by atoms with Gasteiger partial charge in [0.05, 0.1) is 57.4 Å². The zero-order valence-electron chi connectivity index (χ0n) is 27.7. The normalized spacial score (nSPS) is 15.4. The smallest absolute Gasteiger partial charge is 0.407 e. The van der Waals surface area contributed by atoms with Crippen LogP contribution in [0.15, 0.2) is 65.1 Å². The van der Waals surface area contributed by atoms with Crippen LogP contribution in [-0.4, -0.2) is 110 Å². The third-order valence-corrected chi connectivity index (χ3v) is 11.6. The molecule has 0 radical (unpaired) electrons. The summed E-state index contributed by atoms with van der Waals surface area (Å²) in [4.78, 5) is 38.7. The topological polar surface area (TPSA) is 154 Å². The van der Waals surface area contributed by atoms with E-state index in [1.54, 1.807) is 30.9 Å². The van der Waals surface area contributed by atoms with Gasteiger partial charge in [0.15, 0.2) is 5.13 Å². The molecule has 1 aliphatic heterocycles. The molecule has 0 unspecified atom stereocenters. The molecule has 2 atom stereocenters. The summed E-state index contributed by atoms with van der Waals surface area (Å²) in [6, 6.07) is 13.2.